The number of anilines is 1. The minimum Gasteiger partial charge on any atom is -0.487 e. The van der Waals surface area contributed by atoms with E-state index in [1.54, 1.807) is 4.57 Å². The van der Waals surface area contributed by atoms with E-state index in [9.17, 15) is 9.59 Å². The van der Waals surface area contributed by atoms with Crippen LogP contribution >= 0.6 is 0 Å². The third kappa shape index (κ3) is 2.45. The Balaban J connectivity index is 1.51. The van der Waals surface area contributed by atoms with E-state index in [1.165, 1.54) is 12.3 Å². The first kappa shape index (κ1) is 19.8. The first-order valence-electron chi connectivity index (χ1n) is 11.1. The predicted octanol–water partition coefficient (Wildman–Crippen LogP) is 3.10. The van der Waals surface area contributed by atoms with Crippen molar-refractivity contribution in [1.29, 1.82) is 0 Å². The second-order valence-electron chi connectivity index (χ2n) is 10.4. The molecule has 5 atom stereocenters. The molecule has 170 valence electrons. The number of hydrogen-bond acceptors (Lipinski definition) is 6. The van der Waals surface area contributed by atoms with Gasteiger partial charge in [-0.15, -0.1) is 0 Å². The van der Waals surface area contributed by atoms with E-state index in [1.807, 2.05) is 11.8 Å². The molecule has 4 aliphatic rings. The average molecular weight is 443 g/mol. The fourth-order valence-corrected chi connectivity index (χ4v) is 7.00. The highest BCUT2D eigenvalue weighted by Crippen LogP contribution is 2.64. The molecule has 6 rings (SSSR count). The van der Waals surface area contributed by atoms with Crippen LogP contribution in [0.1, 0.15) is 39.2 Å². The SMILES string of the molecule is CC1COc2c(N3CC4C(C3)C3(N)CCC4(C)C3)c(F)cc3c(=O)c(OC(=O)O)cn1c23. The molecule has 3 N–H and O–H groups in total. The number of ether oxygens (including phenoxy) is 2. The number of carboxylic acid groups (broad SMARTS) is 1. The van der Waals surface area contributed by atoms with E-state index < -0.39 is 17.4 Å². The molecule has 32 heavy (non-hydrogen) atoms. The summed E-state index contributed by atoms with van der Waals surface area (Å²) in [7, 11) is 0. The molecule has 3 heterocycles. The Labute approximate surface area is 183 Å². The van der Waals surface area contributed by atoms with Crippen LogP contribution in [0.3, 0.4) is 0 Å². The van der Waals surface area contributed by atoms with E-state index in [0.29, 0.717) is 41.9 Å². The molecular formula is C23H26FN3O5. The lowest BCUT2D eigenvalue weighted by atomic mass is 9.72. The summed E-state index contributed by atoms with van der Waals surface area (Å²) in [5.41, 5.74) is 6.93. The molecule has 2 aliphatic carbocycles. The minimum absolute atomic E-state index is 0.0493. The molecule has 3 fully saturated rings. The lowest BCUT2D eigenvalue weighted by molar-refractivity contribution is 0.143. The van der Waals surface area contributed by atoms with Crippen LogP contribution in [0.25, 0.3) is 10.9 Å². The van der Waals surface area contributed by atoms with Gasteiger partial charge in [-0.3, -0.25) is 4.79 Å². The Kier molecular flexibility index (Phi) is 3.82. The number of nitrogens with two attached hydrogens (primary N) is 1. The van der Waals surface area contributed by atoms with Crippen molar-refractivity contribution in [2.75, 3.05) is 24.6 Å². The third-order valence-electron chi connectivity index (χ3n) is 8.47. The number of carbonyl (C=O) groups is 1. The number of nitrogens with zero attached hydrogens (tertiary/aromatic N) is 2. The van der Waals surface area contributed by atoms with Crippen LogP contribution in [-0.4, -0.2) is 41.1 Å². The summed E-state index contributed by atoms with van der Waals surface area (Å²) in [6.45, 7) is 5.83. The van der Waals surface area contributed by atoms with Gasteiger partial charge in [-0.25, -0.2) is 9.18 Å². The second kappa shape index (κ2) is 6.15. The average Bonchev–Trinajstić information content (AvgIpc) is 3.35. The van der Waals surface area contributed by atoms with Gasteiger partial charge in [0.2, 0.25) is 5.43 Å². The zero-order valence-corrected chi connectivity index (χ0v) is 18.1. The van der Waals surface area contributed by atoms with Gasteiger partial charge in [-0.05, 0) is 49.5 Å². The first-order valence-corrected chi connectivity index (χ1v) is 11.1. The normalized spacial score (nSPS) is 34.6. The van der Waals surface area contributed by atoms with Gasteiger partial charge in [0.1, 0.15) is 12.3 Å². The molecule has 5 unspecified atom stereocenters. The summed E-state index contributed by atoms with van der Waals surface area (Å²) in [6, 6.07) is 1.01. The molecule has 1 aromatic carbocycles. The van der Waals surface area contributed by atoms with Crippen LogP contribution in [0.5, 0.6) is 11.5 Å². The smallest absolute Gasteiger partial charge is 0.487 e. The van der Waals surface area contributed by atoms with Gasteiger partial charge in [-0.2, -0.15) is 0 Å². The fraction of sp³-hybridized carbons (Fsp3) is 0.565. The van der Waals surface area contributed by atoms with Crippen molar-refractivity contribution in [3.63, 3.8) is 0 Å². The van der Waals surface area contributed by atoms with E-state index in [4.69, 9.17) is 15.6 Å². The van der Waals surface area contributed by atoms with Crippen molar-refractivity contribution in [2.45, 2.75) is 44.7 Å². The minimum atomic E-state index is -1.59. The molecule has 0 spiro atoms. The Morgan fingerprint density at radius 2 is 2.09 bits per heavy atom. The molecule has 1 saturated heterocycles. The maximum atomic E-state index is 15.6. The Bertz CT molecular complexity index is 1220. The standard InChI is InChI=1S/C23H26FN3O5/c1-11-9-31-20-17-12(19(28)16(8-27(11)17)32-21(29)30)5-15(24)18(20)26-6-13-14(7-26)23(25)4-3-22(13,2)10-23/h5,8,11,13-14H,3-4,6-7,9-10,25H2,1-2H3,(H,29,30). The molecule has 0 amide bonds. The summed E-state index contributed by atoms with van der Waals surface area (Å²) in [5.74, 6) is 0.142. The van der Waals surface area contributed by atoms with Crippen LogP contribution in [0.2, 0.25) is 0 Å². The first-order chi connectivity index (χ1) is 15.1. The van der Waals surface area contributed by atoms with Crippen molar-refractivity contribution in [2.24, 2.45) is 23.0 Å². The maximum Gasteiger partial charge on any atom is 0.511 e. The second-order valence-corrected chi connectivity index (χ2v) is 10.4. The quantitative estimate of drug-likeness (QED) is 0.687. The highest BCUT2D eigenvalue weighted by atomic mass is 19.1. The van der Waals surface area contributed by atoms with Gasteiger partial charge in [0.25, 0.3) is 0 Å². The van der Waals surface area contributed by atoms with Crippen LogP contribution < -0.4 is 25.5 Å². The molecule has 2 aromatic rings. The molecule has 2 saturated carbocycles. The summed E-state index contributed by atoms with van der Waals surface area (Å²) in [5, 5.41) is 9.04. The fourth-order valence-electron chi connectivity index (χ4n) is 7.00. The summed E-state index contributed by atoms with van der Waals surface area (Å²) in [6.07, 6.45) is 2.92. The van der Waals surface area contributed by atoms with E-state index in [0.717, 1.165) is 19.3 Å². The zero-order valence-electron chi connectivity index (χ0n) is 18.1. The highest BCUT2D eigenvalue weighted by molar-refractivity contribution is 5.93. The van der Waals surface area contributed by atoms with Crippen molar-refractivity contribution in [1.82, 2.24) is 4.57 Å². The lowest BCUT2D eigenvalue weighted by Gasteiger charge is -2.34. The highest BCUT2D eigenvalue weighted by Gasteiger charge is 2.64. The summed E-state index contributed by atoms with van der Waals surface area (Å²) in [4.78, 5) is 26.0. The summed E-state index contributed by atoms with van der Waals surface area (Å²) < 4.78 is 28.0. The molecule has 1 aromatic heterocycles. The van der Waals surface area contributed by atoms with Crippen LogP contribution in [0, 0.1) is 23.1 Å². The zero-order chi connectivity index (χ0) is 22.6. The Hall–Kier alpha value is -2.81. The number of rotatable bonds is 2. The number of fused-ring (bicyclic) bond motifs is 5. The Morgan fingerprint density at radius 3 is 2.81 bits per heavy atom. The van der Waals surface area contributed by atoms with Crippen LogP contribution in [-0.2, 0) is 0 Å². The van der Waals surface area contributed by atoms with Gasteiger partial charge in [0.15, 0.2) is 17.3 Å². The molecule has 2 aliphatic heterocycles. The monoisotopic (exact) mass is 443 g/mol. The van der Waals surface area contributed by atoms with Gasteiger partial charge < -0.3 is 29.8 Å². The third-order valence-corrected chi connectivity index (χ3v) is 8.47. The number of halogens is 1. The topological polar surface area (TPSA) is 107 Å². The van der Waals surface area contributed by atoms with E-state index in [-0.39, 0.29) is 34.7 Å². The van der Waals surface area contributed by atoms with Crippen molar-refractivity contribution >= 4 is 22.7 Å². The lowest BCUT2D eigenvalue weighted by Crippen LogP contribution is -2.45. The number of aromatic nitrogens is 1. The van der Waals surface area contributed by atoms with Crippen molar-refractivity contribution in [3.8, 4) is 11.5 Å². The molecule has 2 bridgehead atoms. The molecular weight excluding hydrogens is 417 g/mol. The molecule has 8 nitrogen and oxygen atoms in total. The van der Waals surface area contributed by atoms with Crippen LogP contribution in [0.15, 0.2) is 17.1 Å². The van der Waals surface area contributed by atoms with E-state index in [2.05, 4.69) is 11.7 Å². The summed E-state index contributed by atoms with van der Waals surface area (Å²) >= 11 is 0. The van der Waals surface area contributed by atoms with Gasteiger partial charge in [0.05, 0.1) is 23.1 Å². The number of hydrogen-bond donors (Lipinski definition) is 2. The number of benzene rings is 1. The largest absolute Gasteiger partial charge is 0.511 e. The predicted molar refractivity (Wildman–Crippen MR) is 115 cm³/mol. The van der Waals surface area contributed by atoms with Crippen molar-refractivity contribution in [3.05, 3.63) is 28.3 Å². The van der Waals surface area contributed by atoms with Crippen LogP contribution in [0.4, 0.5) is 14.9 Å². The molecule has 0 radical (unpaired) electrons. The van der Waals surface area contributed by atoms with Gasteiger partial charge in [0, 0.05) is 18.6 Å². The van der Waals surface area contributed by atoms with Gasteiger partial charge in [-0.1, -0.05) is 6.92 Å². The Morgan fingerprint density at radius 1 is 1.34 bits per heavy atom. The van der Waals surface area contributed by atoms with E-state index >= 15 is 4.39 Å². The van der Waals surface area contributed by atoms with Gasteiger partial charge >= 0.3 is 6.16 Å². The van der Waals surface area contributed by atoms with Crippen molar-refractivity contribution < 1.29 is 23.8 Å². The molecule has 9 heteroatoms. The maximum absolute atomic E-state index is 15.6. The number of pyridine rings is 1.